The summed E-state index contributed by atoms with van der Waals surface area (Å²) in [4.78, 5) is 10.8. The summed E-state index contributed by atoms with van der Waals surface area (Å²) in [6.45, 7) is 9.32. The fourth-order valence-electron chi connectivity index (χ4n) is 1.50. The molecule has 0 heterocycles. The molecule has 0 spiro atoms. The summed E-state index contributed by atoms with van der Waals surface area (Å²) in [5.74, 6) is 6.58. The van der Waals surface area contributed by atoms with Crippen LogP contribution in [-0.4, -0.2) is 12.6 Å². The largest absolute Gasteiger partial charge is 0.337 e. The van der Waals surface area contributed by atoms with Crippen LogP contribution in [0.3, 0.4) is 0 Å². The molecular formula is C9H21N3O. The van der Waals surface area contributed by atoms with Gasteiger partial charge in [-0.1, -0.05) is 27.7 Å². The van der Waals surface area contributed by atoms with E-state index in [1.165, 1.54) is 0 Å². The molecule has 0 aromatic carbocycles. The highest BCUT2D eigenvalue weighted by molar-refractivity contribution is 5.72. The summed E-state index contributed by atoms with van der Waals surface area (Å²) < 4.78 is 0. The standard InChI is InChI=1S/C9H21N3O/c1-6(2)8(7(3)4)5-11-9(13)12-10/h6-8H,5,10H2,1-4H3,(H2,11,12,13). The highest BCUT2D eigenvalue weighted by atomic mass is 16.2. The van der Waals surface area contributed by atoms with Gasteiger partial charge in [-0.05, 0) is 17.8 Å². The van der Waals surface area contributed by atoms with Gasteiger partial charge in [-0.2, -0.15) is 0 Å². The third kappa shape index (κ3) is 4.72. The molecule has 0 bridgehead atoms. The Morgan fingerprint density at radius 3 is 2.00 bits per heavy atom. The van der Waals surface area contributed by atoms with Crippen molar-refractivity contribution in [2.24, 2.45) is 23.6 Å². The second-order valence-corrected chi connectivity index (χ2v) is 4.01. The van der Waals surface area contributed by atoms with E-state index in [4.69, 9.17) is 5.84 Å². The minimum Gasteiger partial charge on any atom is -0.337 e. The number of urea groups is 1. The Bertz CT molecular complexity index is 149. The Labute approximate surface area is 80.2 Å². The van der Waals surface area contributed by atoms with Gasteiger partial charge < -0.3 is 5.32 Å². The molecule has 0 saturated heterocycles. The normalized spacial score (nSPS) is 11.1. The predicted molar refractivity (Wildman–Crippen MR) is 53.9 cm³/mol. The Hall–Kier alpha value is -0.770. The Balaban J connectivity index is 3.90. The molecule has 78 valence electrons. The van der Waals surface area contributed by atoms with E-state index < -0.39 is 0 Å². The van der Waals surface area contributed by atoms with Crippen LogP contribution >= 0.6 is 0 Å². The molecule has 0 aromatic heterocycles. The number of hydrazine groups is 1. The minimum absolute atomic E-state index is 0.314. The summed E-state index contributed by atoms with van der Waals surface area (Å²) in [6.07, 6.45) is 0. The van der Waals surface area contributed by atoms with Gasteiger partial charge in [0.1, 0.15) is 0 Å². The highest BCUT2D eigenvalue weighted by Gasteiger charge is 2.17. The van der Waals surface area contributed by atoms with E-state index in [-0.39, 0.29) is 6.03 Å². The number of carbonyl (C=O) groups excluding carboxylic acids is 1. The summed E-state index contributed by atoms with van der Waals surface area (Å²) in [5.41, 5.74) is 2.05. The van der Waals surface area contributed by atoms with E-state index in [9.17, 15) is 4.79 Å². The van der Waals surface area contributed by atoms with E-state index in [0.29, 0.717) is 24.3 Å². The Morgan fingerprint density at radius 1 is 1.23 bits per heavy atom. The Morgan fingerprint density at radius 2 is 1.69 bits per heavy atom. The van der Waals surface area contributed by atoms with Gasteiger partial charge in [0.2, 0.25) is 0 Å². The van der Waals surface area contributed by atoms with Crippen LogP contribution < -0.4 is 16.6 Å². The molecule has 0 aliphatic rings. The smallest absolute Gasteiger partial charge is 0.328 e. The lowest BCUT2D eigenvalue weighted by Crippen LogP contribution is -2.43. The second kappa shape index (κ2) is 5.80. The van der Waals surface area contributed by atoms with Crippen molar-refractivity contribution >= 4 is 6.03 Å². The Kier molecular flexibility index (Phi) is 5.46. The first-order chi connectivity index (χ1) is 5.99. The number of hydrogen-bond donors (Lipinski definition) is 3. The lowest BCUT2D eigenvalue weighted by Gasteiger charge is -2.24. The first-order valence-corrected chi connectivity index (χ1v) is 4.73. The quantitative estimate of drug-likeness (QED) is 0.350. The van der Waals surface area contributed by atoms with E-state index in [2.05, 4.69) is 33.0 Å². The molecule has 0 saturated carbocycles. The third-order valence-electron chi connectivity index (χ3n) is 2.34. The van der Waals surface area contributed by atoms with Crippen molar-refractivity contribution in [2.45, 2.75) is 27.7 Å². The van der Waals surface area contributed by atoms with E-state index in [0.717, 1.165) is 0 Å². The molecule has 0 aromatic rings. The minimum atomic E-state index is -0.314. The van der Waals surface area contributed by atoms with E-state index in [1.54, 1.807) is 0 Å². The van der Waals surface area contributed by atoms with E-state index in [1.807, 2.05) is 5.43 Å². The van der Waals surface area contributed by atoms with Crippen molar-refractivity contribution in [3.63, 3.8) is 0 Å². The molecule has 0 rings (SSSR count). The summed E-state index contributed by atoms with van der Waals surface area (Å²) >= 11 is 0. The first-order valence-electron chi connectivity index (χ1n) is 4.73. The van der Waals surface area contributed by atoms with Crippen LogP contribution in [-0.2, 0) is 0 Å². The molecule has 0 unspecified atom stereocenters. The summed E-state index contributed by atoms with van der Waals surface area (Å²) in [5, 5.41) is 2.72. The predicted octanol–water partition coefficient (Wildman–Crippen LogP) is 1.09. The first kappa shape index (κ1) is 12.2. The summed E-state index contributed by atoms with van der Waals surface area (Å²) in [7, 11) is 0. The average Bonchev–Trinajstić information content (AvgIpc) is 2.03. The zero-order valence-electron chi connectivity index (χ0n) is 8.92. The van der Waals surface area contributed by atoms with Gasteiger partial charge in [-0.25, -0.2) is 10.6 Å². The van der Waals surface area contributed by atoms with Gasteiger partial charge in [0.05, 0.1) is 0 Å². The van der Waals surface area contributed by atoms with Crippen LogP contribution in [0.5, 0.6) is 0 Å². The van der Waals surface area contributed by atoms with E-state index >= 15 is 0 Å². The molecule has 13 heavy (non-hydrogen) atoms. The maximum Gasteiger partial charge on any atom is 0.328 e. The van der Waals surface area contributed by atoms with Crippen molar-refractivity contribution in [3.05, 3.63) is 0 Å². The van der Waals surface area contributed by atoms with Crippen molar-refractivity contribution in [3.8, 4) is 0 Å². The number of amides is 2. The van der Waals surface area contributed by atoms with Crippen molar-refractivity contribution in [1.82, 2.24) is 10.7 Å². The molecule has 0 radical (unpaired) electrons. The van der Waals surface area contributed by atoms with Crippen LogP contribution in [0.1, 0.15) is 27.7 Å². The molecule has 4 nitrogen and oxygen atoms in total. The van der Waals surface area contributed by atoms with Crippen LogP contribution in [0.2, 0.25) is 0 Å². The fraction of sp³-hybridized carbons (Fsp3) is 0.889. The molecule has 4 N–H and O–H groups in total. The van der Waals surface area contributed by atoms with Gasteiger partial charge >= 0.3 is 6.03 Å². The number of carbonyl (C=O) groups is 1. The topological polar surface area (TPSA) is 67.2 Å². The highest BCUT2D eigenvalue weighted by Crippen LogP contribution is 2.19. The van der Waals surface area contributed by atoms with Crippen LogP contribution in [0.25, 0.3) is 0 Å². The van der Waals surface area contributed by atoms with Crippen LogP contribution in [0.4, 0.5) is 4.79 Å². The third-order valence-corrected chi connectivity index (χ3v) is 2.34. The van der Waals surface area contributed by atoms with Crippen molar-refractivity contribution in [1.29, 1.82) is 0 Å². The molecule has 4 heteroatoms. The fourth-order valence-corrected chi connectivity index (χ4v) is 1.50. The molecule has 0 fully saturated rings. The lowest BCUT2D eigenvalue weighted by molar-refractivity contribution is 0.229. The molecular weight excluding hydrogens is 166 g/mol. The lowest BCUT2D eigenvalue weighted by atomic mass is 9.85. The van der Waals surface area contributed by atoms with Crippen LogP contribution in [0, 0.1) is 17.8 Å². The number of rotatable bonds is 4. The maximum absolute atomic E-state index is 10.8. The maximum atomic E-state index is 10.8. The average molecular weight is 187 g/mol. The van der Waals surface area contributed by atoms with Crippen LogP contribution in [0.15, 0.2) is 0 Å². The monoisotopic (exact) mass is 187 g/mol. The van der Waals surface area contributed by atoms with Gasteiger partial charge in [0.25, 0.3) is 0 Å². The van der Waals surface area contributed by atoms with Gasteiger partial charge in [-0.15, -0.1) is 0 Å². The SMILES string of the molecule is CC(C)C(CNC(=O)NN)C(C)C. The van der Waals surface area contributed by atoms with Gasteiger partial charge in [-0.3, -0.25) is 5.43 Å². The number of hydrogen-bond acceptors (Lipinski definition) is 2. The molecule has 0 aliphatic heterocycles. The molecule has 0 aliphatic carbocycles. The van der Waals surface area contributed by atoms with Crippen molar-refractivity contribution in [2.75, 3.05) is 6.54 Å². The van der Waals surface area contributed by atoms with Gasteiger partial charge in [0.15, 0.2) is 0 Å². The zero-order chi connectivity index (χ0) is 10.4. The molecule has 0 atom stereocenters. The second-order valence-electron chi connectivity index (χ2n) is 4.01. The molecule has 2 amide bonds. The number of nitrogens with one attached hydrogen (secondary N) is 2. The van der Waals surface area contributed by atoms with Crippen molar-refractivity contribution < 1.29 is 4.79 Å². The van der Waals surface area contributed by atoms with Gasteiger partial charge in [0, 0.05) is 6.54 Å². The summed E-state index contributed by atoms with van der Waals surface area (Å²) in [6, 6.07) is -0.314. The number of nitrogens with two attached hydrogens (primary N) is 1. The zero-order valence-corrected chi connectivity index (χ0v) is 8.92.